The normalized spacial score (nSPS) is 11.2. The zero-order chi connectivity index (χ0) is 17.6. The van der Waals surface area contributed by atoms with Crippen LogP contribution in [0.3, 0.4) is 0 Å². The standard InChI is InChI=1S/C16H17F3N4O/c1-2-3-8-20-15(24)13-9-22-14(10-21-13)23-12-6-4-11(5-7-12)16(17,18)19/h4-7,9-10H,2-3,8H2,1H3,(H,20,24)(H,22,23). The summed E-state index contributed by atoms with van der Waals surface area (Å²) in [6.45, 7) is 2.59. The second-order valence-electron chi connectivity index (χ2n) is 5.10. The van der Waals surface area contributed by atoms with Crippen LogP contribution < -0.4 is 10.6 Å². The van der Waals surface area contributed by atoms with Gasteiger partial charge in [-0.25, -0.2) is 9.97 Å². The summed E-state index contributed by atoms with van der Waals surface area (Å²) < 4.78 is 37.5. The fourth-order valence-corrected chi connectivity index (χ4v) is 1.87. The summed E-state index contributed by atoms with van der Waals surface area (Å²) in [5.74, 6) is 0.0249. The molecule has 0 aliphatic heterocycles. The Morgan fingerprint density at radius 1 is 1.12 bits per heavy atom. The van der Waals surface area contributed by atoms with E-state index < -0.39 is 11.7 Å². The van der Waals surface area contributed by atoms with Crippen molar-refractivity contribution in [2.45, 2.75) is 25.9 Å². The van der Waals surface area contributed by atoms with Crippen LogP contribution >= 0.6 is 0 Å². The predicted molar refractivity (Wildman–Crippen MR) is 84.0 cm³/mol. The Labute approximate surface area is 137 Å². The van der Waals surface area contributed by atoms with Crippen LogP contribution in [0.1, 0.15) is 35.8 Å². The minimum absolute atomic E-state index is 0.184. The number of hydrogen-bond acceptors (Lipinski definition) is 4. The quantitative estimate of drug-likeness (QED) is 0.787. The molecule has 8 heteroatoms. The lowest BCUT2D eigenvalue weighted by Gasteiger charge is -2.09. The van der Waals surface area contributed by atoms with Gasteiger partial charge >= 0.3 is 6.18 Å². The maximum atomic E-state index is 12.5. The summed E-state index contributed by atoms with van der Waals surface area (Å²) in [5.41, 5.74) is -0.0975. The molecule has 0 fully saturated rings. The highest BCUT2D eigenvalue weighted by Gasteiger charge is 2.29. The van der Waals surface area contributed by atoms with Crippen molar-refractivity contribution in [2.24, 2.45) is 0 Å². The van der Waals surface area contributed by atoms with Crippen LogP contribution in [0.5, 0.6) is 0 Å². The van der Waals surface area contributed by atoms with Gasteiger partial charge in [-0.1, -0.05) is 13.3 Å². The summed E-state index contributed by atoms with van der Waals surface area (Å²) in [7, 11) is 0. The first-order valence-electron chi connectivity index (χ1n) is 7.44. The van der Waals surface area contributed by atoms with E-state index in [0.29, 0.717) is 18.1 Å². The molecule has 0 aliphatic carbocycles. The Bertz CT molecular complexity index is 669. The van der Waals surface area contributed by atoms with E-state index in [4.69, 9.17) is 0 Å². The van der Waals surface area contributed by atoms with E-state index in [0.717, 1.165) is 25.0 Å². The van der Waals surface area contributed by atoms with Gasteiger partial charge < -0.3 is 10.6 Å². The molecule has 0 aliphatic rings. The van der Waals surface area contributed by atoms with Crippen molar-refractivity contribution in [3.8, 4) is 0 Å². The van der Waals surface area contributed by atoms with Crippen LogP contribution in [0.15, 0.2) is 36.7 Å². The van der Waals surface area contributed by atoms with Crippen molar-refractivity contribution in [3.63, 3.8) is 0 Å². The van der Waals surface area contributed by atoms with Crippen molar-refractivity contribution < 1.29 is 18.0 Å². The molecule has 0 spiro atoms. The zero-order valence-corrected chi connectivity index (χ0v) is 13.0. The Kier molecular flexibility index (Phi) is 5.73. The largest absolute Gasteiger partial charge is 0.416 e. The van der Waals surface area contributed by atoms with Gasteiger partial charge in [0.1, 0.15) is 11.5 Å². The number of halogens is 3. The van der Waals surface area contributed by atoms with Crippen molar-refractivity contribution >= 4 is 17.4 Å². The second kappa shape index (κ2) is 7.76. The molecule has 0 atom stereocenters. The van der Waals surface area contributed by atoms with E-state index in [2.05, 4.69) is 20.6 Å². The highest BCUT2D eigenvalue weighted by molar-refractivity contribution is 5.92. The minimum atomic E-state index is -4.37. The summed E-state index contributed by atoms with van der Waals surface area (Å²) in [6, 6.07) is 4.56. The summed E-state index contributed by atoms with van der Waals surface area (Å²) in [4.78, 5) is 19.8. The number of unbranched alkanes of at least 4 members (excludes halogenated alkanes) is 1. The predicted octanol–water partition coefficient (Wildman–Crippen LogP) is 3.77. The number of hydrogen-bond donors (Lipinski definition) is 2. The monoisotopic (exact) mass is 338 g/mol. The van der Waals surface area contributed by atoms with Crippen molar-refractivity contribution in [2.75, 3.05) is 11.9 Å². The van der Waals surface area contributed by atoms with Gasteiger partial charge in [-0.15, -0.1) is 0 Å². The molecule has 0 unspecified atom stereocenters. The van der Waals surface area contributed by atoms with E-state index in [1.807, 2.05) is 6.92 Å². The van der Waals surface area contributed by atoms with Gasteiger partial charge in [0.15, 0.2) is 0 Å². The van der Waals surface area contributed by atoms with Crippen LogP contribution in [0, 0.1) is 0 Å². The number of alkyl halides is 3. The molecule has 0 bridgehead atoms. The minimum Gasteiger partial charge on any atom is -0.351 e. The summed E-state index contributed by atoms with van der Waals surface area (Å²) >= 11 is 0. The Balaban J connectivity index is 1.97. The number of carbonyl (C=O) groups excluding carboxylic acids is 1. The van der Waals surface area contributed by atoms with Gasteiger partial charge in [0, 0.05) is 12.2 Å². The van der Waals surface area contributed by atoms with Gasteiger partial charge in [-0.05, 0) is 30.7 Å². The molecule has 2 N–H and O–H groups in total. The first-order valence-corrected chi connectivity index (χ1v) is 7.44. The molecular weight excluding hydrogens is 321 g/mol. The molecule has 0 radical (unpaired) electrons. The maximum absolute atomic E-state index is 12.5. The average molecular weight is 338 g/mol. The fourth-order valence-electron chi connectivity index (χ4n) is 1.87. The van der Waals surface area contributed by atoms with E-state index in [1.165, 1.54) is 24.5 Å². The Hall–Kier alpha value is -2.64. The van der Waals surface area contributed by atoms with Gasteiger partial charge in [0.25, 0.3) is 5.91 Å². The zero-order valence-electron chi connectivity index (χ0n) is 13.0. The lowest BCUT2D eigenvalue weighted by molar-refractivity contribution is -0.137. The number of anilines is 2. The third kappa shape index (κ3) is 4.94. The molecule has 2 aromatic rings. The average Bonchev–Trinajstić information content (AvgIpc) is 2.55. The van der Waals surface area contributed by atoms with Crippen LogP contribution in [0.4, 0.5) is 24.7 Å². The van der Waals surface area contributed by atoms with E-state index in [9.17, 15) is 18.0 Å². The molecule has 1 amide bonds. The maximum Gasteiger partial charge on any atom is 0.416 e. The first kappa shape index (κ1) is 17.7. The SMILES string of the molecule is CCCCNC(=O)c1cnc(Nc2ccc(C(F)(F)F)cc2)cn1. The Morgan fingerprint density at radius 2 is 1.83 bits per heavy atom. The molecular formula is C16H17F3N4O. The van der Waals surface area contributed by atoms with Gasteiger partial charge in [0.2, 0.25) is 0 Å². The number of carbonyl (C=O) groups is 1. The first-order chi connectivity index (χ1) is 11.4. The third-order valence-corrected chi connectivity index (χ3v) is 3.19. The molecule has 1 aromatic carbocycles. The third-order valence-electron chi connectivity index (χ3n) is 3.19. The number of nitrogens with zero attached hydrogens (tertiary/aromatic N) is 2. The molecule has 1 heterocycles. The molecule has 0 saturated heterocycles. The topological polar surface area (TPSA) is 66.9 Å². The summed E-state index contributed by atoms with van der Waals surface area (Å²) in [5, 5.41) is 5.55. The van der Waals surface area contributed by atoms with Gasteiger partial charge in [-0.3, -0.25) is 4.79 Å². The highest BCUT2D eigenvalue weighted by Crippen LogP contribution is 2.30. The number of nitrogens with one attached hydrogen (secondary N) is 2. The number of benzene rings is 1. The molecule has 24 heavy (non-hydrogen) atoms. The molecule has 2 rings (SSSR count). The van der Waals surface area contributed by atoms with E-state index in [1.54, 1.807) is 0 Å². The smallest absolute Gasteiger partial charge is 0.351 e. The lowest BCUT2D eigenvalue weighted by Crippen LogP contribution is -2.25. The molecule has 128 valence electrons. The number of rotatable bonds is 6. The highest BCUT2D eigenvalue weighted by atomic mass is 19.4. The number of amides is 1. The van der Waals surface area contributed by atoms with Crippen LogP contribution in [0.2, 0.25) is 0 Å². The van der Waals surface area contributed by atoms with Crippen molar-refractivity contribution in [1.29, 1.82) is 0 Å². The van der Waals surface area contributed by atoms with E-state index >= 15 is 0 Å². The molecule has 1 aromatic heterocycles. The number of aromatic nitrogens is 2. The Morgan fingerprint density at radius 3 is 2.38 bits per heavy atom. The second-order valence-corrected chi connectivity index (χ2v) is 5.10. The fraction of sp³-hybridized carbons (Fsp3) is 0.312. The van der Waals surface area contributed by atoms with Crippen LogP contribution in [-0.2, 0) is 6.18 Å². The molecule has 0 saturated carbocycles. The van der Waals surface area contributed by atoms with Gasteiger partial charge in [0.05, 0.1) is 18.0 Å². The van der Waals surface area contributed by atoms with Crippen LogP contribution in [-0.4, -0.2) is 22.4 Å². The van der Waals surface area contributed by atoms with Crippen molar-refractivity contribution in [1.82, 2.24) is 15.3 Å². The van der Waals surface area contributed by atoms with Gasteiger partial charge in [-0.2, -0.15) is 13.2 Å². The molecule has 5 nitrogen and oxygen atoms in total. The van der Waals surface area contributed by atoms with Crippen molar-refractivity contribution in [3.05, 3.63) is 47.9 Å². The summed E-state index contributed by atoms with van der Waals surface area (Å²) in [6.07, 6.45) is 0.153. The lowest BCUT2D eigenvalue weighted by atomic mass is 10.2. The van der Waals surface area contributed by atoms with E-state index in [-0.39, 0.29) is 11.6 Å². The van der Waals surface area contributed by atoms with Crippen LogP contribution in [0.25, 0.3) is 0 Å².